The van der Waals surface area contributed by atoms with Gasteiger partial charge >= 0.3 is 0 Å². The Morgan fingerprint density at radius 2 is 1.92 bits per heavy atom. The Balaban J connectivity index is 2.24. The van der Waals surface area contributed by atoms with Crippen molar-refractivity contribution in [3.8, 4) is 28.8 Å². The molecule has 2 aromatic rings. The van der Waals surface area contributed by atoms with Gasteiger partial charge in [-0.15, -0.1) is 0 Å². The second-order valence-electron chi connectivity index (χ2n) is 5.83. The predicted octanol–water partition coefficient (Wildman–Crippen LogP) is 2.65. The molecule has 1 aliphatic rings. The number of hydrogen-bond donors (Lipinski definition) is 1. The molecule has 0 atom stereocenters. The van der Waals surface area contributed by atoms with Crippen molar-refractivity contribution < 1.29 is 9.47 Å². The summed E-state index contributed by atoms with van der Waals surface area (Å²) in [6, 6.07) is 5.63. The highest BCUT2D eigenvalue weighted by atomic mass is 32.2. The molecule has 0 radical (unpaired) electrons. The molecule has 1 aromatic heterocycles. The number of benzene rings is 1. The first-order chi connectivity index (χ1) is 12.6. The Morgan fingerprint density at radius 1 is 1.23 bits per heavy atom. The van der Waals surface area contributed by atoms with Gasteiger partial charge < -0.3 is 19.4 Å². The van der Waals surface area contributed by atoms with Gasteiger partial charge in [-0.05, 0) is 25.2 Å². The minimum atomic E-state index is -0.466. The Bertz CT molecular complexity index is 914. The summed E-state index contributed by atoms with van der Waals surface area (Å²) < 4.78 is 11.1. The molecule has 1 N–H and O–H groups in total. The van der Waals surface area contributed by atoms with E-state index in [9.17, 15) is 10.1 Å². The summed E-state index contributed by atoms with van der Waals surface area (Å²) in [5.41, 5.74) is 1.29. The third kappa shape index (κ3) is 3.22. The van der Waals surface area contributed by atoms with E-state index < -0.39 is 5.56 Å². The van der Waals surface area contributed by atoms with E-state index in [4.69, 9.17) is 9.47 Å². The zero-order valence-corrected chi connectivity index (χ0v) is 15.8. The summed E-state index contributed by atoms with van der Waals surface area (Å²) >= 11 is 1.30. The predicted molar refractivity (Wildman–Crippen MR) is 101 cm³/mol. The lowest BCUT2D eigenvalue weighted by Crippen LogP contribution is -2.19. The molecule has 0 spiro atoms. The molecule has 3 rings (SSSR count). The lowest BCUT2D eigenvalue weighted by Gasteiger charge is -2.22. The van der Waals surface area contributed by atoms with Gasteiger partial charge in [0.2, 0.25) is 0 Å². The van der Waals surface area contributed by atoms with Crippen molar-refractivity contribution in [2.75, 3.05) is 38.5 Å². The minimum absolute atomic E-state index is 0.0444. The number of methoxy groups -OCH3 is 2. The molecule has 1 aliphatic heterocycles. The van der Waals surface area contributed by atoms with Gasteiger partial charge in [0, 0.05) is 24.7 Å². The normalized spacial score (nSPS) is 13.5. The van der Waals surface area contributed by atoms with Gasteiger partial charge in [0.1, 0.15) is 28.8 Å². The summed E-state index contributed by atoms with van der Waals surface area (Å²) in [5, 5.41) is 9.88. The first-order valence-corrected chi connectivity index (χ1v) is 9.45. The number of nitrogens with zero attached hydrogens (tertiary/aromatic N) is 3. The monoisotopic (exact) mass is 372 g/mol. The van der Waals surface area contributed by atoms with Crippen molar-refractivity contribution in [3.63, 3.8) is 0 Å². The highest BCUT2D eigenvalue weighted by Gasteiger charge is 2.23. The maximum atomic E-state index is 12.2. The van der Waals surface area contributed by atoms with E-state index in [1.165, 1.54) is 11.8 Å². The quantitative estimate of drug-likeness (QED) is 0.637. The lowest BCUT2D eigenvalue weighted by molar-refractivity contribution is 0.404. The van der Waals surface area contributed by atoms with Crippen molar-refractivity contribution in [1.82, 2.24) is 9.97 Å². The van der Waals surface area contributed by atoms with Gasteiger partial charge in [-0.25, -0.2) is 4.98 Å². The van der Waals surface area contributed by atoms with Crippen LogP contribution in [0.1, 0.15) is 18.4 Å². The molecule has 2 heterocycles. The van der Waals surface area contributed by atoms with Crippen molar-refractivity contribution in [2.24, 2.45) is 0 Å². The van der Waals surface area contributed by atoms with Crippen LogP contribution < -0.4 is 19.9 Å². The van der Waals surface area contributed by atoms with Gasteiger partial charge in [0.25, 0.3) is 5.56 Å². The lowest BCUT2D eigenvalue weighted by atomic mass is 10.0. The van der Waals surface area contributed by atoms with Crippen LogP contribution >= 0.6 is 11.8 Å². The molecular formula is C18H20N4O3S. The Labute approximate surface area is 156 Å². The Hall–Kier alpha value is -2.66. The van der Waals surface area contributed by atoms with E-state index in [1.807, 2.05) is 18.4 Å². The number of rotatable bonds is 5. The second kappa shape index (κ2) is 7.70. The number of hydrogen-bond acceptors (Lipinski definition) is 7. The minimum Gasteiger partial charge on any atom is -0.496 e. The van der Waals surface area contributed by atoms with E-state index >= 15 is 0 Å². The summed E-state index contributed by atoms with van der Waals surface area (Å²) in [5.74, 6) is 1.22. The van der Waals surface area contributed by atoms with Gasteiger partial charge in [-0.3, -0.25) is 4.79 Å². The third-order valence-corrected chi connectivity index (χ3v) is 4.99. The number of aromatic amines is 1. The molecule has 0 saturated carbocycles. The number of H-pyrrole nitrogens is 1. The molecule has 26 heavy (non-hydrogen) atoms. The summed E-state index contributed by atoms with van der Waals surface area (Å²) in [4.78, 5) is 21.5. The van der Waals surface area contributed by atoms with Crippen LogP contribution in [0.25, 0.3) is 11.3 Å². The van der Waals surface area contributed by atoms with E-state index in [1.54, 1.807) is 20.3 Å². The van der Waals surface area contributed by atoms with Crippen molar-refractivity contribution >= 4 is 17.4 Å². The van der Waals surface area contributed by atoms with Crippen LogP contribution in [0, 0.1) is 11.3 Å². The summed E-state index contributed by atoms with van der Waals surface area (Å²) in [6.45, 7) is 1.92. The van der Waals surface area contributed by atoms with E-state index in [0.717, 1.165) is 31.6 Å². The average molecular weight is 372 g/mol. The largest absolute Gasteiger partial charge is 0.496 e. The van der Waals surface area contributed by atoms with Crippen molar-refractivity contribution in [3.05, 3.63) is 28.0 Å². The van der Waals surface area contributed by atoms with Crippen molar-refractivity contribution in [1.29, 1.82) is 5.26 Å². The molecule has 1 saturated heterocycles. The molecule has 8 heteroatoms. The molecule has 1 fully saturated rings. The average Bonchev–Trinajstić information content (AvgIpc) is 3.20. The zero-order chi connectivity index (χ0) is 18.7. The van der Waals surface area contributed by atoms with E-state index in [2.05, 4.69) is 14.9 Å². The molecule has 136 valence electrons. The number of nitriles is 1. The number of anilines is 1. The third-order valence-electron chi connectivity index (χ3n) is 4.41. The molecule has 7 nitrogen and oxygen atoms in total. The second-order valence-corrected chi connectivity index (χ2v) is 6.62. The van der Waals surface area contributed by atoms with Crippen LogP contribution in [0.2, 0.25) is 0 Å². The van der Waals surface area contributed by atoms with E-state index in [0.29, 0.717) is 27.9 Å². The first-order valence-electron chi connectivity index (χ1n) is 8.22. The topological polar surface area (TPSA) is 91.2 Å². The number of nitrogens with one attached hydrogen (secondary N) is 1. The van der Waals surface area contributed by atoms with Crippen LogP contribution in [0.15, 0.2) is 22.1 Å². The maximum absolute atomic E-state index is 12.2. The highest BCUT2D eigenvalue weighted by molar-refractivity contribution is 7.98. The van der Waals surface area contributed by atoms with Gasteiger partial charge in [-0.2, -0.15) is 5.26 Å². The molecule has 1 aromatic carbocycles. The Kier molecular flexibility index (Phi) is 5.38. The number of aromatic nitrogens is 2. The van der Waals surface area contributed by atoms with E-state index in [-0.39, 0.29) is 5.56 Å². The van der Waals surface area contributed by atoms with Crippen LogP contribution in [0.5, 0.6) is 11.5 Å². The van der Waals surface area contributed by atoms with Crippen LogP contribution in [0.3, 0.4) is 0 Å². The van der Waals surface area contributed by atoms with Gasteiger partial charge in [0.05, 0.1) is 19.9 Å². The molecule has 0 bridgehead atoms. The van der Waals surface area contributed by atoms with Crippen LogP contribution in [0.4, 0.5) is 5.69 Å². The fraction of sp³-hybridized carbons (Fsp3) is 0.389. The summed E-state index contributed by atoms with van der Waals surface area (Å²) in [7, 11) is 3.17. The van der Waals surface area contributed by atoms with Gasteiger partial charge in [-0.1, -0.05) is 11.8 Å². The number of ether oxygens (including phenoxy) is 2. The molecular weight excluding hydrogens is 352 g/mol. The fourth-order valence-electron chi connectivity index (χ4n) is 3.12. The SMILES string of the molecule is COc1cc(N2CCCC2)c(OC)cc1-c1nc(SC)[nH]c(=O)c1C#N. The molecule has 0 aliphatic carbocycles. The maximum Gasteiger partial charge on any atom is 0.270 e. The molecule has 0 amide bonds. The smallest absolute Gasteiger partial charge is 0.270 e. The fourth-order valence-corrected chi connectivity index (χ4v) is 3.50. The van der Waals surface area contributed by atoms with Crippen LogP contribution in [-0.4, -0.2) is 43.5 Å². The van der Waals surface area contributed by atoms with Crippen molar-refractivity contribution in [2.45, 2.75) is 18.0 Å². The first kappa shape index (κ1) is 18.1. The number of thioether (sulfide) groups is 1. The van der Waals surface area contributed by atoms with Gasteiger partial charge in [0.15, 0.2) is 5.16 Å². The Morgan fingerprint density at radius 3 is 2.50 bits per heavy atom. The highest BCUT2D eigenvalue weighted by Crippen LogP contribution is 2.41. The molecule has 0 unspecified atom stereocenters. The zero-order valence-electron chi connectivity index (χ0n) is 15.0. The summed E-state index contributed by atoms with van der Waals surface area (Å²) in [6.07, 6.45) is 4.08. The van der Waals surface area contributed by atoms with Crippen LogP contribution in [-0.2, 0) is 0 Å². The standard InChI is InChI=1S/C18H20N4O3S/c1-24-14-9-13(22-6-4-5-7-22)15(25-2)8-11(14)16-12(10-19)17(23)21-18(20-16)26-3/h8-9H,4-7H2,1-3H3,(H,20,21,23).